The number of carbonyl (C=O) groups is 3. The van der Waals surface area contributed by atoms with Crippen LogP contribution in [0.4, 0.5) is 21.5 Å². The number of nitrogens with zero attached hydrogens (tertiary/aromatic N) is 1. The number of rotatable bonds is 5. The van der Waals surface area contributed by atoms with Gasteiger partial charge in [-0.05, 0) is 48.5 Å². The minimum Gasteiger partial charge on any atom is -0.326 e. The first-order chi connectivity index (χ1) is 11.8. The fourth-order valence-electron chi connectivity index (χ4n) is 2.19. The van der Waals surface area contributed by atoms with Crippen LogP contribution < -0.4 is 15.5 Å². The van der Waals surface area contributed by atoms with Crippen molar-refractivity contribution in [3.63, 3.8) is 0 Å². The zero-order chi connectivity index (χ0) is 18.4. The molecule has 0 unspecified atom stereocenters. The van der Waals surface area contributed by atoms with Gasteiger partial charge in [0.1, 0.15) is 12.4 Å². The molecule has 0 aliphatic carbocycles. The topological polar surface area (TPSA) is 78.5 Å². The molecule has 7 heteroatoms. The lowest BCUT2D eigenvalue weighted by Gasteiger charge is -2.21. The number of hydrogen-bond donors (Lipinski definition) is 2. The normalized spacial score (nSPS) is 10.0. The summed E-state index contributed by atoms with van der Waals surface area (Å²) in [4.78, 5) is 36.3. The molecule has 130 valence electrons. The third-order valence-electron chi connectivity index (χ3n) is 3.31. The summed E-state index contributed by atoms with van der Waals surface area (Å²) in [5.41, 5.74) is 1.56. The van der Waals surface area contributed by atoms with Gasteiger partial charge in [-0.15, -0.1) is 0 Å². The highest BCUT2D eigenvalue weighted by atomic mass is 19.1. The van der Waals surface area contributed by atoms with Gasteiger partial charge in [-0.1, -0.05) is 0 Å². The Morgan fingerprint density at radius 3 is 1.92 bits per heavy atom. The van der Waals surface area contributed by atoms with Crippen molar-refractivity contribution in [3.05, 3.63) is 54.3 Å². The summed E-state index contributed by atoms with van der Waals surface area (Å²) in [5.74, 6) is -1.31. The molecule has 0 fully saturated rings. The van der Waals surface area contributed by atoms with E-state index in [-0.39, 0.29) is 18.4 Å². The maximum atomic E-state index is 12.9. The number of halogens is 1. The molecule has 2 aromatic carbocycles. The number of benzene rings is 2. The molecule has 0 saturated heterocycles. The van der Waals surface area contributed by atoms with Gasteiger partial charge in [-0.3, -0.25) is 14.4 Å². The Morgan fingerprint density at radius 2 is 1.40 bits per heavy atom. The lowest BCUT2D eigenvalue weighted by atomic mass is 10.2. The third-order valence-corrected chi connectivity index (χ3v) is 3.31. The first-order valence-electron chi connectivity index (χ1n) is 7.56. The minimum absolute atomic E-state index is 0.188. The standard InChI is InChI=1S/C18H18FN3O3/c1-12(23)20-15-7-9-17(10-8-15)22(13(2)24)11-18(25)21-16-5-3-14(19)4-6-16/h3-10H,11H2,1-2H3,(H,20,23)(H,21,25). The Balaban J connectivity index is 2.07. The third kappa shape index (κ3) is 5.42. The first-order valence-corrected chi connectivity index (χ1v) is 7.56. The highest BCUT2D eigenvalue weighted by Crippen LogP contribution is 2.18. The van der Waals surface area contributed by atoms with Gasteiger partial charge in [-0.2, -0.15) is 0 Å². The summed E-state index contributed by atoms with van der Waals surface area (Å²) in [6.07, 6.45) is 0. The van der Waals surface area contributed by atoms with Crippen molar-refractivity contribution in [2.24, 2.45) is 0 Å². The zero-order valence-corrected chi connectivity index (χ0v) is 13.9. The highest BCUT2D eigenvalue weighted by molar-refractivity contribution is 6.02. The second-order valence-corrected chi connectivity index (χ2v) is 5.39. The van der Waals surface area contributed by atoms with E-state index in [1.165, 1.54) is 43.0 Å². The molecule has 0 aromatic heterocycles. The number of nitrogens with one attached hydrogen (secondary N) is 2. The molecular formula is C18H18FN3O3. The summed E-state index contributed by atoms with van der Waals surface area (Å²) < 4.78 is 12.9. The number of hydrogen-bond acceptors (Lipinski definition) is 3. The summed E-state index contributed by atoms with van der Waals surface area (Å²) in [7, 11) is 0. The fraction of sp³-hybridized carbons (Fsp3) is 0.167. The smallest absolute Gasteiger partial charge is 0.244 e. The van der Waals surface area contributed by atoms with Crippen LogP contribution in [0, 0.1) is 5.82 Å². The van der Waals surface area contributed by atoms with Crippen LogP contribution in [-0.2, 0) is 14.4 Å². The zero-order valence-electron chi connectivity index (χ0n) is 13.9. The maximum Gasteiger partial charge on any atom is 0.244 e. The Bertz CT molecular complexity index is 773. The average Bonchev–Trinajstić information content (AvgIpc) is 2.55. The summed E-state index contributed by atoms with van der Waals surface area (Å²) in [6, 6.07) is 11.9. The molecule has 0 radical (unpaired) electrons. The van der Waals surface area contributed by atoms with Crippen molar-refractivity contribution in [3.8, 4) is 0 Å². The van der Waals surface area contributed by atoms with Crippen molar-refractivity contribution < 1.29 is 18.8 Å². The molecule has 0 spiro atoms. The molecular weight excluding hydrogens is 325 g/mol. The van der Waals surface area contributed by atoms with Gasteiger partial charge in [0.25, 0.3) is 0 Å². The van der Waals surface area contributed by atoms with E-state index >= 15 is 0 Å². The van der Waals surface area contributed by atoms with E-state index < -0.39 is 11.7 Å². The van der Waals surface area contributed by atoms with E-state index in [2.05, 4.69) is 10.6 Å². The molecule has 25 heavy (non-hydrogen) atoms. The highest BCUT2D eigenvalue weighted by Gasteiger charge is 2.16. The lowest BCUT2D eigenvalue weighted by molar-refractivity contribution is -0.120. The maximum absolute atomic E-state index is 12.9. The molecule has 2 aromatic rings. The predicted octanol–water partition coefficient (Wildman–Crippen LogP) is 2.78. The molecule has 0 heterocycles. The second kappa shape index (κ2) is 8.05. The van der Waals surface area contributed by atoms with Crippen molar-refractivity contribution in [2.45, 2.75) is 13.8 Å². The van der Waals surface area contributed by atoms with E-state index in [0.29, 0.717) is 17.1 Å². The summed E-state index contributed by atoms with van der Waals surface area (Å²) >= 11 is 0. The van der Waals surface area contributed by atoms with E-state index in [0.717, 1.165) is 0 Å². The van der Waals surface area contributed by atoms with Gasteiger partial charge < -0.3 is 15.5 Å². The van der Waals surface area contributed by atoms with Crippen LogP contribution in [0.5, 0.6) is 0 Å². The molecule has 0 bridgehead atoms. The molecule has 0 aliphatic rings. The second-order valence-electron chi connectivity index (χ2n) is 5.39. The molecule has 0 saturated carbocycles. The predicted molar refractivity (Wildman–Crippen MR) is 93.8 cm³/mol. The van der Waals surface area contributed by atoms with Crippen LogP contribution in [0.25, 0.3) is 0 Å². The van der Waals surface area contributed by atoms with Crippen molar-refractivity contribution in [1.29, 1.82) is 0 Å². The molecule has 3 amide bonds. The molecule has 6 nitrogen and oxygen atoms in total. The first kappa shape index (κ1) is 18.1. The van der Waals surface area contributed by atoms with E-state index in [4.69, 9.17) is 0 Å². The van der Waals surface area contributed by atoms with Gasteiger partial charge in [0, 0.05) is 30.9 Å². The van der Waals surface area contributed by atoms with Crippen LogP contribution in [-0.4, -0.2) is 24.3 Å². The quantitative estimate of drug-likeness (QED) is 0.876. The van der Waals surface area contributed by atoms with Crippen molar-refractivity contribution in [1.82, 2.24) is 0 Å². The molecule has 2 rings (SSSR count). The van der Waals surface area contributed by atoms with E-state index in [1.54, 1.807) is 24.3 Å². The van der Waals surface area contributed by atoms with Gasteiger partial charge in [-0.25, -0.2) is 4.39 Å². The van der Waals surface area contributed by atoms with Crippen molar-refractivity contribution >= 4 is 34.8 Å². The SMILES string of the molecule is CC(=O)Nc1ccc(N(CC(=O)Nc2ccc(F)cc2)C(C)=O)cc1. The Morgan fingerprint density at radius 1 is 0.880 bits per heavy atom. The summed E-state index contributed by atoms with van der Waals surface area (Å²) in [6.45, 7) is 2.56. The molecule has 0 aliphatic heterocycles. The lowest BCUT2D eigenvalue weighted by Crippen LogP contribution is -2.36. The fourth-order valence-corrected chi connectivity index (χ4v) is 2.19. The van der Waals surface area contributed by atoms with Gasteiger partial charge >= 0.3 is 0 Å². The summed E-state index contributed by atoms with van der Waals surface area (Å²) in [5, 5.41) is 5.23. The Kier molecular flexibility index (Phi) is 5.84. The van der Waals surface area contributed by atoms with E-state index in [1.807, 2.05) is 0 Å². The number of anilines is 3. The van der Waals surface area contributed by atoms with Gasteiger partial charge in [0.15, 0.2) is 0 Å². The Hall–Kier alpha value is -3.22. The van der Waals surface area contributed by atoms with E-state index in [9.17, 15) is 18.8 Å². The monoisotopic (exact) mass is 343 g/mol. The largest absolute Gasteiger partial charge is 0.326 e. The van der Waals surface area contributed by atoms with Gasteiger partial charge in [0.2, 0.25) is 17.7 Å². The van der Waals surface area contributed by atoms with Crippen LogP contribution in [0.3, 0.4) is 0 Å². The molecule has 2 N–H and O–H groups in total. The Labute approximate surface area is 144 Å². The molecule has 0 atom stereocenters. The van der Waals surface area contributed by atoms with Gasteiger partial charge in [0.05, 0.1) is 0 Å². The number of carbonyl (C=O) groups excluding carboxylic acids is 3. The minimum atomic E-state index is -0.409. The van der Waals surface area contributed by atoms with Crippen LogP contribution in [0.1, 0.15) is 13.8 Å². The van der Waals surface area contributed by atoms with Crippen LogP contribution in [0.2, 0.25) is 0 Å². The average molecular weight is 343 g/mol. The van der Waals surface area contributed by atoms with Crippen molar-refractivity contribution in [2.75, 3.05) is 22.1 Å². The number of amides is 3. The van der Waals surface area contributed by atoms with Crippen LogP contribution >= 0.6 is 0 Å². The van der Waals surface area contributed by atoms with Crippen LogP contribution in [0.15, 0.2) is 48.5 Å².